The number of nitrogens with zero attached hydrogens (tertiary/aromatic N) is 1. The minimum atomic E-state index is -4.06. The number of benzene rings is 1. The summed E-state index contributed by atoms with van der Waals surface area (Å²) in [7, 11) is 1.60. The number of aromatic nitrogens is 1. The van der Waals surface area contributed by atoms with E-state index in [-0.39, 0.29) is 6.42 Å². The first kappa shape index (κ1) is 14.9. The van der Waals surface area contributed by atoms with E-state index in [9.17, 15) is 13.2 Å². The lowest BCUT2D eigenvalue weighted by Crippen LogP contribution is -2.08. The van der Waals surface area contributed by atoms with Crippen LogP contribution in [-0.2, 0) is 0 Å². The van der Waals surface area contributed by atoms with Crippen LogP contribution in [0.1, 0.15) is 19.3 Å². The van der Waals surface area contributed by atoms with E-state index in [0.717, 1.165) is 21.1 Å². The maximum atomic E-state index is 12.0. The SMILES string of the molecule is COc1ccc2nc(NCCCCC(F)(F)F)sc2c1. The van der Waals surface area contributed by atoms with Gasteiger partial charge in [-0.15, -0.1) is 0 Å². The first-order valence-corrected chi connectivity index (χ1v) is 7.05. The monoisotopic (exact) mass is 304 g/mol. The molecule has 0 saturated heterocycles. The van der Waals surface area contributed by atoms with Gasteiger partial charge in [0.25, 0.3) is 0 Å². The molecule has 3 nitrogen and oxygen atoms in total. The zero-order valence-electron chi connectivity index (χ0n) is 11.0. The fourth-order valence-electron chi connectivity index (χ4n) is 1.75. The van der Waals surface area contributed by atoms with E-state index in [4.69, 9.17) is 4.74 Å². The number of alkyl halides is 3. The van der Waals surface area contributed by atoms with Gasteiger partial charge >= 0.3 is 6.18 Å². The summed E-state index contributed by atoms with van der Waals surface area (Å²) in [6, 6.07) is 5.58. The summed E-state index contributed by atoms with van der Waals surface area (Å²) in [5.41, 5.74) is 0.855. The van der Waals surface area contributed by atoms with Crippen LogP contribution in [0.4, 0.5) is 18.3 Å². The molecule has 110 valence electrons. The van der Waals surface area contributed by atoms with Gasteiger partial charge in [-0.2, -0.15) is 13.2 Å². The van der Waals surface area contributed by atoms with Gasteiger partial charge in [-0.25, -0.2) is 4.98 Å². The fourth-order valence-corrected chi connectivity index (χ4v) is 2.67. The molecule has 0 fully saturated rings. The van der Waals surface area contributed by atoms with Crippen molar-refractivity contribution in [2.45, 2.75) is 25.4 Å². The molecule has 0 bridgehead atoms. The highest BCUT2D eigenvalue weighted by molar-refractivity contribution is 7.22. The number of ether oxygens (including phenoxy) is 1. The van der Waals surface area contributed by atoms with Gasteiger partial charge in [0, 0.05) is 13.0 Å². The van der Waals surface area contributed by atoms with E-state index >= 15 is 0 Å². The number of halogens is 3. The second-order valence-electron chi connectivity index (χ2n) is 4.35. The van der Waals surface area contributed by atoms with Crippen molar-refractivity contribution in [1.82, 2.24) is 4.98 Å². The van der Waals surface area contributed by atoms with Crippen molar-refractivity contribution in [1.29, 1.82) is 0 Å². The van der Waals surface area contributed by atoms with Gasteiger partial charge in [-0.3, -0.25) is 0 Å². The van der Waals surface area contributed by atoms with Gasteiger partial charge in [0.1, 0.15) is 5.75 Å². The summed E-state index contributed by atoms with van der Waals surface area (Å²) in [6.07, 6.45) is -4.19. The Hall–Kier alpha value is -1.50. The molecule has 0 aliphatic carbocycles. The van der Waals surface area contributed by atoms with Crippen LogP contribution < -0.4 is 10.1 Å². The molecular weight excluding hydrogens is 289 g/mol. The highest BCUT2D eigenvalue weighted by Crippen LogP contribution is 2.29. The predicted octanol–water partition coefficient (Wildman–Crippen LogP) is 4.45. The molecular formula is C13H15F3N2OS. The summed E-state index contributed by atoms with van der Waals surface area (Å²) in [5, 5.41) is 3.78. The number of hydrogen-bond donors (Lipinski definition) is 1. The molecule has 1 aromatic heterocycles. The number of anilines is 1. The minimum absolute atomic E-state index is 0.134. The van der Waals surface area contributed by atoms with Gasteiger partial charge in [-0.05, 0) is 31.0 Å². The van der Waals surface area contributed by atoms with Crippen LogP contribution in [0, 0.1) is 0 Å². The second kappa shape index (κ2) is 6.30. The Morgan fingerprint density at radius 2 is 2.10 bits per heavy atom. The van der Waals surface area contributed by atoms with Gasteiger partial charge in [0.15, 0.2) is 5.13 Å². The Balaban J connectivity index is 1.84. The van der Waals surface area contributed by atoms with Crippen molar-refractivity contribution in [3.8, 4) is 5.75 Å². The van der Waals surface area contributed by atoms with Crippen molar-refractivity contribution in [3.63, 3.8) is 0 Å². The van der Waals surface area contributed by atoms with Gasteiger partial charge < -0.3 is 10.1 Å². The molecule has 0 aliphatic rings. The molecule has 0 atom stereocenters. The summed E-state index contributed by atoms with van der Waals surface area (Å²) < 4.78 is 42.0. The van der Waals surface area contributed by atoms with Crippen LogP contribution in [0.15, 0.2) is 18.2 Å². The van der Waals surface area contributed by atoms with Gasteiger partial charge in [0.05, 0.1) is 17.3 Å². The van der Waals surface area contributed by atoms with Crippen molar-refractivity contribution in [3.05, 3.63) is 18.2 Å². The average Bonchev–Trinajstić information content (AvgIpc) is 2.78. The zero-order valence-corrected chi connectivity index (χ0v) is 11.8. The van der Waals surface area contributed by atoms with Crippen LogP contribution >= 0.6 is 11.3 Å². The summed E-state index contributed by atoms with van der Waals surface area (Å²) in [6.45, 7) is 0.493. The summed E-state index contributed by atoms with van der Waals surface area (Å²) in [4.78, 5) is 4.36. The number of nitrogens with one attached hydrogen (secondary N) is 1. The highest BCUT2D eigenvalue weighted by atomic mass is 32.1. The number of methoxy groups -OCH3 is 1. The van der Waals surface area contributed by atoms with E-state index in [2.05, 4.69) is 10.3 Å². The van der Waals surface area contributed by atoms with Crippen LogP contribution in [0.3, 0.4) is 0 Å². The van der Waals surface area contributed by atoms with E-state index in [1.165, 1.54) is 11.3 Å². The predicted molar refractivity (Wildman–Crippen MR) is 74.6 cm³/mol. The Bertz CT molecular complexity index is 568. The van der Waals surface area contributed by atoms with Crippen molar-refractivity contribution >= 4 is 26.7 Å². The average molecular weight is 304 g/mol. The molecule has 7 heteroatoms. The second-order valence-corrected chi connectivity index (χ2v) is 5.38. The molecule has 1 heterocycles. The first-order valence-electron chi connectivity index (χ1n) is 6.23. The van der Waals surface area contributed by atoms with Crippen LogP contribution in [-0.4, -0.2) is 24.8 Å². The third-order valence-corrected chi connectivity index (χ3v) is 3.73. The number of hydrogen-bond acceptors (Lipinski definition) is 4. The van der Waals surface area contributed by atoms with Crippen molar-refractivity contribution < 1.29 is 17.9 Å². The first-order chi connectivity index (χ1) is 9.48. The summed E-state index contributed by atoms with van der Waals surface area (Å²) >= 11 is 1.47. The largest absolute Gasteiger partial charge is 0.497 e. The minimum Gasteiger partial charge on any atom is -0.497 e. The number of thiazole rings is 1. The molecule has 1 aromatic carbocycles. The Kier molecular flexibility index (Phi) is 4.69. The third kappa shape index (κ3) is 4.26. The molecule has 0 saturated carbocycles. The quantitative estimate of drug-likeness (QED) is 0.801. The van der Waals surface area contributed by atoms with Gasteiger partial charge in [0.2, 0.25) is 0 Å². The fraction of sp³-hybridized carbons (Fsp3) is 0.462. The maximum absolute atomic E-state index is 12.0. The molecule has 20 heavy (non-hydrogen) atoms. The topological polar surface area (TPSA) is 34.1 Å². The van der Waals surface area contributed by atoms with Crippen molar-refractivity contribution in [2.24, 2.45) is 0 Å². The van der Waals surface area contributed by atoms with Crippen LogP contribution in [0.5, 0.6) is 5.75 Å². The molecule has 0 unspecified atom stereocenters. The molecule has 0 radical (unpaired) electrons. The Labute approximate surface area is 118 Å². The molecule has 0 spiro atoms. The molecule has 2 rings (SSSR count). The third-order valence-electron chi connectivity index (χ3n) is 2.76. The Morgan fingerprint density at radius 3 is 2.80 bits per heavy atom. The van der Waals surface area contributed by atoms with E-state index in [0.29, 0.717) is 13.0 Å². The normalized spacial score (nSPS) is 11.8. The maximum Gasteiger partial charge on any atom is 0.389 e. The van der Waals surface area contributed by atoms with E-state index in [1.54, 1.807) is 7.11 Å². The lowest BCUT2D eigenvalue weighted by atomic mass is 10.2. The molecule has 1 N–H and O–H groups in total. The standard InChI is InChI=1S/C13H15F3N2OS/c1-19-9-4-5-10-11(8-9)20-12(18-10)17-7-3-2-6-13(14,15)16/h4-5,8H,2-3,6-7H2,1H3,(H,17,18). The van der Waals surface area contributed by atoms with Crippen molar-refractivity contribution in [2.75, 3.05) is 19.0 Å². The zero-order chi connectivity index (χ0) is 14.6. The number of unbranched alkanes of at least 4 members (excludes halogenated alkanes) is 1. The highest BCUT2D eigenvalue weighted by Gasteiger charge is 2.25. The number of fused-ring (bicyclic) bond motifs is 1. The molecule has 0 aliphatic heterocycles. The van der Waals surface area contributed by atoms with Gasteiger partial charge in [-0.1, -0.05) is 11.3 Å². The summed E-state index contributed by atoms with van der Waals surface area (Å²) in [5.74, 6) is 0.762. The Morgan fingerprint density at radius 1 is 1.30 bits per heavy atom. The molecule has 2 aromatic rings. The lowest BCUT2D eigenvalue weighted by molar-refractivity contribution is -0.135. The van der Waals surface area contributed by atoms with E-state index < -0.39 is 12.6 Å². The van der Waals surface area contributed by atoms with E-state index in [1.807, 2.05) is 18.2 Å². The van der Waals surface area contributed by atoms with Crippen LogP contribution in [0.25, 0.3) is 10.2 Å². The number of rotatable bonds is 6. The lowest BCUT2D eigenvalue weighted by Gasteiger charge is -2.05. The smallest absolute Gasteiger partial charge is 0.389 e. The molecule has 0 amide bonds. The van der Waals surface area contributed by atoms with Crippen LogP contribution in [0.2, 0.25) is 0 Å².